The number of hydrogen-bond acceptors (Lipinski definition) is 3. The Kier molecular flexibility index (Phi) is 5.94. The van der Waals surface area contributed by atoms with Crippen molar-refractivity contribution in [2.24, 2.45) is 5.92 Å². The minimum absolute atomic E-state index is 0.0353. The van der Waals surface area contributed by atoms with Crippen molar-refractivity contribution < 1.29 is 27.6 Å². The average molecular weight is 437 g/mol. The van der Waals surface area contributed by atoms with Gasteiger partial charge in [0.1, 0.15) is 12.1 Å². The highest BCUT2D eigenvalue weighted by Gasteiger charge is 2.44. The van der Waals surface area contributed by atoms with Crippen LogP contribution in [-0.2, 0) is 15.8 Å². The Morgan fingerprint density at radius 3 is 2.35 bits per heavy atom. The zero-order valence-electron chi connectivity index (χ0n) is 17.2. The fraction of sp³-hybridized carbons (Fsp3) is 0.591. The summed E-state index contributed by atoms with van der Waals surface area (Å²) in [7, 11) is 0. The van der Waals surface area contributed by atoms with Crippen molar-refractivity contribution in [3.05, 3.63) is 35.4 Å². The monoisotopic (exact) mass is 437 g/mol. The summed E-state index contributed by atoms with van der Waals surface area (Å²) in [4.78, 5) is 41.4. The molecule has 0 unspecified atom stereocenters. The Morgan fingerprint density at radius 1 is 1.03 bits per heavy atom. The lowest BCUT2D eigenvalue weighted by Gasteiger charge is -2.45. The van der Waals surface area contributed by atoms with E-state index in [1.54, 1.807) is 4.90 Å². The third-order valence-electron chi connectivity index (χ3n) is 6.62. The van der Waals surface area contributed by atoms with E-state index in [1.165, 1.54) is 11.3 Å². The van der Waals surface area contributed by atoms with Crippen molar-refractivity contribution in [2.45, 2.75) is 56.8 Å². The maximum absolute atomic E-state index is 13.0. The number of carbonyl (C=O) groups excluding carboxylic acids is 3. The lowest BCUT2D eigenvalue weighted by atomic mass is 9.84. The van der Waals surface area contributed by atoms with Crippen LogP contribution in [0.25, 0.3) is 0 Å². The van der Waals surface area contributed by atoms with Crippen molar-refractivity contribution in [2.75, 3.05) is 19.6 Å². The van der Waals surface area contributed by atoms with E-state index in [9.17, 15) is 27.6 Å². The van der Waals surface area contributed by atoms with Gasteiger partial charge in [0.05, 0.1) is 12.1 Å². The quantitative estimate of drug-likeness (QED) is 0.791. The van der Waals surface area contributed by atoms with Crippen molar-refractivity contribution in [1.29, 1.82) is 0 Å². The molecule has 0 bridgehead atoms. The molecule has 3 amide bonds. The first kappa shape index (κ1) is 21.6. The van der Waals surface area contributed by atoms with Crippen LogP contribution in [0.3, 0.4) is 0 Å². The molecule has 1 aliphatic carbocycles. The van der Waals surface area contributed by atoms with Crippen molar-refractivity contribution in [1.82, 2.24) is 15.1 Å². The van der Waals surface area contributed by atoms with Crippen LogP contribution in [0.1, 0.15) is 54.4 Å². The average Bonchev–Trinajstić information content (AvgIpc) is 2.76. The third-order valence-corrected chi connectivity index (χ3v) is 6.62. The van der Waals surface area contributed by atoms with Gasteiger partial charge in [-0.1, -0.05) is 32.1 Å². The van der Waals surface area contributed by atoms with Crippen LogP contribution >= 0.6 is 0 Å². The molecule has 2 atom stereocenters. The van der Waals surface area contributed by atoms with E-state index in [1.807, 2.05) is 0 Å². The van der Waals surface area contributed by atoms with E-state index in [-0.39, 0.29) is 37.0 Å². The van der Waals surface area contributed by atoms with E-state index >= 15 is 0 Å². The molecule has 1 aromatic carbocycles. The predicted octanol–water partition coefficient (Wildman–Crippen LogP) is 2.83. The molecule has 2 aliphatic heterocycles. The molecule has 1 N–H and O–H groups in total. The standard InChI is InChI=1S/C22H26F3N3O3/c23-22(24,25)16-8-6-15(7-9-16)20(30)27-10-11-28-18(13-27)19(29)26-17(21(28)31)12-14-4-2-1-3-5-14/h6-9,14,17-18H,1-5,10-13H2,(H,26,29)/t17-,18+/m0/s1. The summed E-state index contributed by atoms with van der Waals surface area (Å²) >= 11 is 0. The van der Waals surface area contributed by atoms with E-state index in [2.05, 4.69) is 5.32 Å². The highest BCUT2D eigenvalue weighted by Crippen LogP contribution is 2.31. The maximum Gasteiger partial charge on any atom is 0.416 e. The molecule has 0 radical (unpaired) electrons. The normalized spacial score (nSPS) is 25.3. The van der Waals surface area contributed by atoms with Gasteiger partial charge in [-0.2, -0.15) is 13.2 Å². The molecule has 4 rings (SSSR count). The third kappa shape index (κ3) is 4.55. The lowest BCUT2D eigenvalue weighted by molar-refractivity contribution is -0.152. The molecule has 2 saturated heterocycles. The summed E-state index contributed by atoms with van der Waals surface area (Å²) in [5.41, 5.74) is -0.700. The second kappa shape index (κ2) is 8.51. The molecule has 9 heteroatoms. The van der Waals surface area contributed by atoms with Gasteiger partial charge < -0.3 is 15.1 Å². The summed E-state index contributed by atoms with van der Waals surface area (Å²) in [6.07, 6.45) is 1.89. The number of halogens is 3. The van der Waals surface area contributed by atoms with Crippen LogP contribution in [0, 0.1) is 5.92 Å². The summed E-state index contributed by atoms with van der Waals surface area (Å²) < 4.78 is 38.2. The lowest BCUT2D eigenvalue weighted by Crippen LogP contribution is -2.69. The smallest absolute Gasteiger partial charge is 0.342 e. The van der Waals surface area contributed by atoms with Crippen LogP contribution in [0.2, 0.25) is 0 Å². The molecule has 1 saturated carbocycles. The Morgan fingerprint density at radius 2 is 1.71 bits per heavy atom. The number of hydrogen-bond donors (Lipinski definition) is 1. The number of carbonyl (C=O) groups is 3. The first-order valence-corrected chi connectivity index (χ1v) is 10.8. The molecule has 168 valence electrons. The van der Waals surface area contributed by atoms with Crippen LogP contribution in [0.5, 0.6) is 0 Å². The maximum atomic E-state index is 13.0. The first-order chi connectivity index (χ1) is 14.7. The van der Waals surface area contributed by atoms with Gasteiger partial charge in [0.2, 0.25) is 11.8 Å². The summed E-state index contributed by atoms with van der Waals surface area (Å²) in [6, 6.07) is 2.76. The second-order valence-electron chi connectivity index (χ2n) is 8.67. The first-order valence-electron chi connectivity index (χ1n) is 10.8. The van der Waals surface area contributed by atoms with Crippen molar-refractivity contribution in [3.8, 4) is 0 Å². The molecular weight excluding hydrogens is 411 g/mol. The fourth-order valence-electron chi connectivity index (χ4n) is 4.89. The Hall–Kier alpha value is -2.58. The zero-order chi connectivity index (χ0) is 22.2. The van der Waals surface area contributed by atoms with Crippen LogP contribution in [0.4, 0.5) is 13.2 Å². The number of alkyl halides is 3. The molecule has 6 nitrogen and oxygen atoms in total. The highest BCUT2D eigenvalue weighted by molar-refractivity contribution is 5.99. The van der Waals surface area contributed by atoms with E-state index < -0.39 is 29.7 Å². The molecule has 0 aromatic heterocycles. The number of rotatable bonds is 3. The number of amides is 3. The second-order valence-corrected chi connectivity index (χ2v) is 8.67. The number of nitrogens with one attached hydrogen (secondary N) is 1. The van der Waals surface area contributed by atoms with Crippen LogP contribution < -0.4 is 5.32 Å². The molecule has 3 aliphatic rings. The summed E-state index contributed by atoms with van der Waals surface area (Å²) in [5.74, 6) is -0.373. The zero-order valence-corrected chi connectivity index (χ0v) is 17.2. The Balaban J connectivity index is 1.40. The summed E-state index contributed by atoms with van der Waals surface area (Å²) in [5, 5.41) is 2.84. The molecular formula is C22H26F3N3O3. The van der Waals surface area contributed by atoms with E-state index in [0.717, 1.165) is 49.9 Å². The fourth-order valence-corrected chi connectivity index (χ4v) is 4.89. The molecule has 31 heavy (non-hydrogen) atoms. The van der Waals surface area contributed by atoms with Gasteiger partial charge in [0.25, 0.3) is 5.91 Å². The van der Waals surface area contributed by atoms with Gasteiger partial charge in [-0.15, -0.1) is 0 Å². The van der Waals surface area contributed by atoms with Gasteiger partial charge in [0.15, 0.2) is 0 Å². The topological polar surface area (TPSA) is 69.7 Å². The van der Waals surface area contributed by atoms with Crippen molar-refractivity contribution in [3.63, 3.8) is 0 Å². The van der Waals surface area contributed by atoms with Crippen LogP contribution in [0.15, 0.2) is 24.3 Å². The van der Waals surface area contributed by atoms with Gasteiger partial charge in [-0.25, -0.2) is 0 Å². The van der Waals surface area contributed by atoms with Gasteiger partial charge in [-0.3, -0.25) is 14.4 Å². The minimum Gasteiger partial charge on any atom is -0.342 e. The van der Waals surface area contributed by atoms with E-state index in [0.29, 0.717) is 12.3 Å². The molecule has 0 spiro atoms. The molecule has 1 aromatic rings. The van der Waals surface area contributed by atoms with Gasteiger partial charge in [0, 0.05) is 18.7 Å². The summed E-state index contributed by atoms with van der Waals surface area (Å²) in [6.45, 7) is 0.517. The van der Waals surface area contributed by atoms with E-state index in [4.69, 9.17) is 0 Å². The number of fused-ring (bicyclic) bond motifs is 1. The number of piperazine rings is 2. The van der Waals surface area contributed by atoms with Gasteiger partial charge >= 0.3 is 6.18 Å². The van der Waals surface area contributed by atoms with Crippen molar-refractivity contribution >= 4 is 17.7 Å². The number of benzene rings is 1. The van der Waals surface area contributed by atoms with Gasteiger partial charge in [-0.05, 0) is 36.6 Å². The minimum atomic E-state index is -4.47. The Labute approximate surface area is 178 Å². The van der Waals surface area contributed by atoms with Crippen LogP contribution in [-0.4, -0.2) is 59.2 Å². The molecule has 3 fully saturated rings. The highest BCUT2D eigenvalue weighted by atomic mass is 19.4. The number of nitrogens with zero attached hydrogens (tertiary/aromatic N) is 2. The largest absolute Gasteiger partial charge is 0.416 e. The Bertz CT molecular complexity index is 850. The predicted molar refractivity (Wildman–Crippen MR) is 106 cm³/mol. The molecule has 2 heterocycles. The SMILES string of the molecule is O=C1N[C@@H](CC2CCCCC2)C(=O)N2CCN(C(=O)c3ccc(C(F)(F)F)cc3)C[C@H]12.